The van der Waals surface area contributed by atoms with Crippen molar-refractivity contribution in [2.24, 2.45) is 0 Å². The minimum atomic E-state index is -0.482. The Labute approximate surface area is 118 Å². The van der Waals surface area contributed by atoms with Gasteiger partial charge >= 0.3 is 6.09 Å². The Morgan fingerprint density at radius 2 is 1.89 bits per heavy atom. The van der Waals surface area contributed by atoms with E-state index in [2.05, 4.69) is 17.9 Å². The molecule has 19 heavy (non-hydrogen) atoms. The van der Waals surface area contributed by atoms with Crippen LogP contribution in [0, 0.1) is 6.92 Å². The molecule has 1 amide bonds. The Morgan fingerprint density at radius 3 is 2.63 bits per heavy atom. The number of amides is 1. The first-order chi connectivity index (χ1) is 9.16. The predicted molar refractivity (Wildman–Crippen MR) is 78.7 cm³/mol. The lowest BCUT2D eigenvalue weighted by Gasteiger charge is -2.10. The summed E-state index contributed by atoms with van der Waals surface area (Å²) in [5, 5.41) is 2.68. The lowest BCUT2D eigenvalue weighted by molar-refractivity contribution is 0.155. The van der Waals surface area contributed by atoms with E-state index >= 15 is 0 Å². The fourth-order valence-corrected chi connectivity index (χ4v) is 1.83. The monoisotopic (exact) mass is 273 g/mol. The van der Waals surface area contributed by atoms with Crippen LogP contribution in [-0.4, -0.2) is 6.09 Å². The molecule has 2 rings (SSSR count). The lowest BCUT2D eigenvalue weighted by Crippen LogP contribution is -2.14. The lowest BCUT2D eigenvalue weighted by atomic mass is 10.2. The first kappa shape index (κ1) is 13.5. The zero-order valence-corrected chi connectivity index (χ0v) is 11.5. The molecule has 0 saturated heterocycles. The minimum absolute atomic E-state index is 0.250. The summed E-state index contributed by atoms with van der Waals surface area (Å²) >= 11 is 4.35. The van der Waals surface area contributed by atoms with Crippen LogP contribution in [0.15, 0.2) is 53.4 Å². The number of carbonyl (C=O) groups is 1. The summed E-state index contributed by atoms with van der Waals surface area (Å²) < 4.78 is 5.14. The topological polar surface area (TPSA) is 38.3 Å². The van der Waals surface area contributed by atoms with Gasteiger partial charge in [0, 0.05) is 4.90 Å². The number of hydrogen-bond donors (Lipinski definition) is 2. The van der Waals surface area contributed by atoms with E-state index in [0.717, 1.165) is 16.0 Å². The third kappa shape index (κ3) is 3.76. The highest BCUT2D eigenvalue weighted by molar-refractivity contribution is 7.80. The van der Waals surface area contributed by atoms with Crippen LogP contribution in [-0.2, 0) is 11.3 Å². The fourth-order valence-electron chi connectivity index (χ4n) is 1.63. The standard InChI is InChI=1S/C15H15NO2S/c1-11-6-5-9-13(14(11)19)16-15(17)18-10-12-7-3-2-4-8-12/h2-9,19H,10H2,1H3,(H,16,17). The van der Waals surface area contributed by atoms with Crippen molar-refractivity contribution in [3.05, 3.63) is 59.7 Å². The molecule has 2 aromatic rings. The Hall–Kier alpha value is -1.94. The Balaban J connectivity index is 1.93. The Bertz CT molecular complexity index is 570. The van der Waals surface area contributed by atoms with Crippen LogP contribution in [0.2, 0.25) is 0 Å². The van der Waals surface area contributed by atoms with Gasteiger partial charge in [0.25, 0.3) is 0 Å². The van der Waals surface area contributed by atoms with Crippen LogP contribution in [0.5, 0.6) is 0 Å². The van der Waals surface area contributed by atoms with Gasteiger partial charge in [-0.1, -0.05) is 42.5 Å². The number of carbonyl (C=O) groups excluding carboxylic acids is 1. The van der Waals surface area contributed by atoms with Gasteiger partial charge in [-0.25, -0.2) is 4.79 Å². The van der Waals surface area contributed by atoms with Crippen LogP contribution >= 0.6 is 12.6 Å². The second-order valence-corrected chi connectivity index (χ2v) is 4.61. The highest BCUT2D eigenvalue weighted by atomic mass is 32.1. The Morgan fingerprint density at radius 1 is 1.16 bits per heavy atom. The SMILES string of the molecule is Cc1cccc(NC(=O)OCc2ccccc2)c1S. The van der Waals surface area contributed by atoms with E-state index in [9.17, 15) is 4.79 Å². The van der Waals surface area contributed by atoms with E-state index < -0.39 is 6.09 Å². The van der Waals surface area contributed by atoms with Gasteiger partial charge in [0.1, 0.15) is 6.61 Å². The van der Waals surface area contributed by atoms with Crippen LogP contribution in [0.1, 0.15) is 11.1 Å². The molecule has 0 atom stereocenters. The largest absolute Gasteiger partial charge is 0.444 e. The first-order valence-electron chi connectivity index (χ1n) is 5.93. The van der Waals surface area contributed by atoms with Crippen LogP contribution in [0.3, 0.4) is 0 Å². The van der Waals surface area contributed by atoms with Crippen LogP contribution < -0.4 is 5.32 Å². The van der Waals surface area contributed by atoms with E-state index in [1.807, 2.05) is 49.4 Å². The maximum atomic E-state index is 11.7. The molecule has 0 heterocycles. The molecular formula is C15H15NO2S. The van der Waals surface area contributed by atoms with Crippen LogP contribution in [0.4, 0.5) is 10.5 Å². The number of nitrogens with one attached hydrogen (secondary N) is 1. The van der Waals surface area contributed by atoms with Gasteiger partial charge in [0.05, 0.1) is 5.69 Å². The molecule has 0 aliphatic heterocycles. The van der Waals surface area contributed by atoms with Crippen molar-refractivity contribution in [1.29, 1.82) is 0 Å². The zero-order valence-electron chi connectivity index (χ0n) is 10.6. The summed E-state index contributed by atoms with van der Waals surface area (Å²) in [7, 11) is 0. The number of hydrogen-bond acceptors (Lipinski definition) is 3. The normalized spacial score (nSPS) is 10.0. The average molecular weight is 273 g/mol. The molecule has 0 aliphatic rings. The molecular weight excluding hydrogens is 258 g/mol. The van der Waals surface area contributed by atoms with Gasteiger partial charge in [-0.15, -0.1) is 12.6 Å². The number of anilines is 1. The van der Waals surface area contributed by atoms with Crippen molar-refractivity contribution >= 4 is 24.4 Å². The van der Waals surface area contributed by atoms with E-state index in [-0.39, 0.29) is 6.61 Å². The molecule has 1 N–H and O–H groups in total. The molecule has 0 radical (unpaired) electrons. The first-order valence-corrected chi connectivity index (χ1v) is 6.38. The average Bonchev–Trinajstić information content (AvgIpc) is 2.43. The van der Waals surface area contributed by atoms with Crippen molar-refractivity contribution < 1.29 is 9.53 Å². The molecule has 4 heteroatoms. The second-order valence-electron chi connectivity index (χ2n) is 4.16. The van der Waals surface area contributed by atoms with Gasteiger partial charge in [0.15, 0.2) is 0 Å². The van der Waals surface area contributed by atoms with E-state index in [0.29, 0.717) is 5.69 Å². The van der Waals surface area contributed by atoms with Gasteiger partial charge in [-0.2, -0.15) is 0 Å². The Kier molecular flexibility index (Phi) is 4.47. The summed E-state index contributed by atoms with van der Waals surface area (Å²) in [6, 6.07) is 15.1. The van der Waals surface area contributed by atoms with Crippen LogP contribution in [0.25, 0.3) is 0 Å². The van der Waals surface area contributed by atoms with E-state index in [1.54, 1.807) is 6.07 Å². The molecule has 0 unspecified atom stereocenters. The molecule has 0 fully saturated rings. The second kappa shape index (κ2) is 6.29. The number of aryl methyl sites for hydroxylation is 1. The maximum Gasteiger partial charge on any atom is 0.411 e. The third-order valence-electron chi connectivity index (χ3n) is 2.69. The molecule has 0 spiro atoms. The maximum absolute atomic E-state index is 11.7. The summed E-state index contributed by atoms with van der Waals surface area (Å²) in [5.41, 5.74) is 2.61. The van der Waals surface area contributed by atoms with Crippen molar-refractivity contribution in [3.8, 4) is 0 Å². The van der Waals surface area contributed by atoms with Crippen molar-refractivity contribution in [2.75, 3.05) is 5.32 Å². The molecule has 0 aliphatic carbocycles. The van der Waals surface area contributed by atoms with Crippen molar-refractivity contribution in [1.82, 2.24) is 0 Å². The highest BCUT2D eigenvalue weighted by Gasteiger charge is 2.07. The summed E-state index contributed by atoms with van der Waals surface area (Å²) in [4.78, 5) is 12.4. The van der Waals surface area contributed by atoms with Crippen molar-refractivity contribution in [3.63, 3.8) is 0 Å². The van der Waals surface area contributed by atoms with Gasteiger partial charge in [0.2, 0.25) is 0 Å². The molecule has 0 bridgehead atoms. The van der Waals surface area contributed by atoms with Crippen molar-refractivity contribution in [2.45, 2.75) is 18.4 Å². The number of benzene rings is 2. The highest BCUT2D eigenvalue weighted by Crippen LogP contribution is 2.23. The molecule has 98 valence electrons. The number of rotatable bonds is 3. The third-order valence-corrected chi connectivity index (χ3v) is 3.28. The number of ether oxygens (including phenoxy) is 1. The minimum Gasteiger partial charge on any atom is -0.444 e. The van der Waals surface area contributed by atoms with Gasteiger partial charge < -0.3 is 4.74 Å². The molecule has 3 nitrogen and oxygen atoms in total. The molecule has 2 aromatic carbocycles. The van der Waals surface area contributed by atoms with E-state index in [1.165, 1.54) is 0 Å². The summed E-state index contributed by atoms with van der Waals surface area (Å²) in [6.45, 7) is 2.18. The van der Waals surface area contributed by atoms with Gasteiger partial charge in [-0.3, -0.25) is 5.32 Å². The van der Waals surface area contributed by atoms with E-state index in [4.69, 9.17) is 4.74 Å². The fraction of sp³-hybridized carbons (Fsp3) is 0.133. The summed E-state index contributed by atoms with van der Waals surface area (Å²) in [5.74, 6) is 0. The predicted octanol–water partition coefficient (Wildman–Crippen LogP) is 4.03. The summed E-state index contributed by atoms with van der Waals surface area (Å²) in [6.07, 6.45) is -0.482. The number of thiol groups is 1. The zero-order chi connectivity index (χ0) is 13.7. The smallest absolute Gasteiger partial charge is 0.411 e. The quantitative estimate of drug-likeness (QED) is 0.829. The molecule has 0 aromatic heterocycles. The van der Waals surface area contributed by atoms with Gasteiger partial charge in [-0.05, 0) is 24.1 Å². The molecule has 0 saturated carbocycles.